The molecule has 1 aromatic rings. The highest BCUT2D eigenvalue weighted by molar-refractivity contribution is 7.88. The molecule has 0 saturated heterocycles. The largest absolute Gasteiger partial charge is 0.381 e. The highest BCUT2D eigenvalue weighted by Gasteiger charge is 2.23. The standard InChI is InChI=1S/C12H15F2N3O2S/c1-12(2,17-20(3,18)19)7-16-9-5-4-8(6-15)10(13)11(9)14/h4-5,16-17H,7H2,1-3H3. The fraction of sp³-hybridized carbons (Fsp3) is 0.417. The Morgan fingerprint density at radius 3 is 2.40 bits per heavy atom. The van der Waals surface area contributed by atoms with E-state index in [0.29, 0.717) is 0 Å². The van der Waals surface area contributed by atoms with Gasteiger partial charge in [0.15, 0.2) is 11.6 Å². The van der Waals surface area contributed by atoms with Crippen LogP contribution >= 0.6 is 0 Å². The van der Waals surface area contributed by atoms with Gasteiger partial charge >= 0.3 is 0 Å². The van der Waals surface area contributed by atoms with Gasteiger partial charge in [0.2, 0.25) is 10.0 Å². The number of anilines is 1. The zero-order chi connectivity index (χ0) is 15.6. The van der Waals surface area contributed by atoms with Gasteiger partial charge < -0.3 is 5.32 Å². The molecule has 2 N–H and O–H groups in total. The predicted molar refractivity (Wildman–Crippen MR) is 71.6 cm³/mol. The quantitative estimate of drug-likeness (QED) is 0.865. The third-order valence-electron chi connectivity index (χ3n) is 2.39. The minimum Gasteiger partial charge on any atom is -0.381 e. The molecule has 0 unspecified atom stereocenters. The SMILES string of the molecule is CC(C)(CNc1ccc(C#N)c(F)c1F)NS(C)(=O)=O. The zero-order valence-electron chi connectivity index (χ0n) is 11.3. The number of rotatable bonds is 5. The number of hydrogen-bond acceptors (Lipinski definition) is 4. The Hall–Kier alpha value is -1.72. The van der Waals surface area contributed by atoms with Crippen LogP contribution in [0, 0.1) is 23.0 Å². The van der Waals surface area contributed by atoms with Gasteiger partial charge in [0.05, 0.1) is 17.5 Å². The lowest BCUT2D eigenvalue weighted by Crippen LogP contribution is -2.47. The van der Waals surface area contributed by atoms with Crippen LogP contribution in [-0.2, 0) is 10.0 Å². The van der Waals surface area contributed by atoms with E-state index in [4.69, 9.17) is 5.26 Å². The number of halogens is 2. The van der Waals surface area contributed by atoms with Crippen LogP contribution in [0.1, 0.15) is 19.4 Å². The van der Waals surface area contributed by atoms with Crippen LogP contribution in [0.15, 0.2) is 12.1 Å². The van der Waals surface area contributed by atoms with Crippen LogP contribution in [0.2, 0.25) is 0 Å². The lowest BCUT2D eigenvalue weighted by molar-refractivity contribution is 0.472. The summed E-state index contributed by atoms with van der Waals surface area (Å²) in [6.45, 7) is 3.24. The van der Waals surface area contributed by atoms with E-state index in [1.165, 1.54) is 12.1 Å². The average molecular weight is 303 g/mol. The van der Waals surface area contributed by atoms with E-state index < -0.39 is 27.2 Å². The second-order valence-corrected chi connectivity index (χ2v) is 6.76. The summed E-state index contributed by atoms with van der Waals surface area (Å²) in [5, 5.41) is 11.2. The molecule has 0 heterocycles. The maximum atomic E-state index is 13.6. The van der Waals surface area contributed by atoms with Crippen molar-refractivity contribution in [3.05, 3.63) is 29.3 Å². The molecule has 20 heavy (non-hydrogen) atoms. The van der Waals surface area contributed by atoms with Crippen molar-refractivity contribution in [2.75, 3.05) is 18.1 Å². The fourth-order valence-corrected chi connectivity index (χ4v) is 2.70. The fourth-order valence-electron chi connectivity index (χ4n) is 1.63. The van der Waals surface area contributed by atoms with Crippen LogP contribution in [0.3, 0.4) is 0 Å². The molecule has 0 saturated carbocycles. The molecule has 0 radical (unpaired) electrons. The molecule has 8 heteroatoms. The summed E-state index contributed by atoms with van der Waals surface area (Å²) < 4.78 is 51.7. The molecule has 110 valence electrons. The molecule has 1 rings (SSSR count). The van der Waals surface area contributed by atoms with Gasteiger partial charge in [0, 0.05) is 12.1 Å². The van der Waals surface area contributed by atoms with Gasteiger partial charge in [-0.3, -0.25) is 0 Å². The lowest BCUT2D eigenvalue weighted by atomic mass is 10.1. The Balaban J connectivity index is 2.86. The molecule has 0 aromatic heterocycles. The highest BCUT2D eigenvalue weighted by Crippen LogP contribution is 2.20. The summed E-state index contributed by atoms with van der Waals surface area (Å²) in [4.78, 5) is 0. The molecule has 0 aliphatic rings. The number of nitrogens with one attached hydrogen (secondary N) is 2. The van der Waals surface area contributed by atoms with Crippen LogP contribution in [0.25, 0.3) is 0 Å². The number of benzene rings is 1. The summed E-state index contributed by atoms with van der Waals surface area (Å²) in [6.07, 6.45) is 1.01. The molecular weight excluding hydrogens is 288 g/mol. The van der Waals surface area contributed by atoms with Gasteiger partial charge in [0.1, 0.15) is 6.07 Å². The van der Waals surface area contributed by atoms with Crippen molar-refractivity contribution < 1.29 is 17.2 Å². The second-order valence-electron chi connectivity index (χ2n) is 5.01. The normalized spacial score (nSPS) is 12.0. The minimum absolute atomic E-state index is 0.0440. The van der Waals surface area contributed by atoms with Gasteiger partial charge in [-0.15, -0.1) is 0 Å². The Bertz CT molecular complexity index is 651. The second kappa shape index (κ2) is 5.73. The van der Waals surface area contributed by atoms with E-state index in [-0.39, 0.29) is 17.8 Å². The summed E-state index contributed by atoms with van der Waals surface area (Å²) in [5.41, 5.74) is -1.41. The predicted octanol–water partition coefficient (Wildman–Crippen LogP) is 1.58. The topological polar surface area (TPSA) is 82.0 Å². The highest BCUT2D eigenvalue weighted by atomic mass is 32.2. The van der Waals surface area contributed by atoms with E-state index in [2.05, 4.69) is 10.0 Å². The van der Waals surface area contributed by atoms with Crippen LogP contribution in [-0.4, -0.2) is 26.8 Å². The van der Waals surface area contributed by atoms with Gasteiger partial charge in [-0.25, -0.2) is 21.9 Å². The van der Waals surface area contributed by atoms with E-state index >= 15 is 0 Å². The van der Waals surface area contributed by atoms with Crippen molar-refractivity contribution in [3.63, 3.8) is 0 Å². The van der Waals surface area contributed by atoms with Gasteiger partial charge in [-0.1, -0.05) is 0 Å². The van der Waals surface area contributed by atoms with E-state index in [1.54, 1.807) is 13.8 Å². The van der Waals surface area contributed by atoms with Crippen LogP contribution in [0.5, 0.6) is 0 Å². The number of nitriles is 1. The molecule has 0 aliphatic carbocycles. The van der Waals surface area contributed by atoms with Crippen molar-refractivity contribution in [2.45, 2.75) is 19.4 Å². The molecule has 5 nitrogen and oxygen atoms in total. The Morgan fingerprint density at radius 2 is 1.90 bits per heavy atom. The Kier molecular flexibility index (Phi) is 4.68. The first-order valence-electron chi connectivity index (χ1n) is 5.67. The van der Waals surface area contributed by atoms with Crippen molar-refractivity contribution in [2.24, 2.45) is 0 Å². The van der Waals surface area contributed by atoms with Crippen molar-refractivity contribution in [3.8, 4) is 6.07 Å². The van der Waals surface area contributed by atoms with Gasteiger partial charge in [-0.2, -0.15) is 5.26 Å². The van der Waals surface area contributed by atoms with E-state index in [0.717, 1.165) is 12.3 Å². The maximum Gasteiger partial charge on any atom is 0.209 e. The third-order valence-corrected chi connectivity index (χ3v) is 3.31. The molecular formula is C12H15F2N3O2S. The van der Waals surface area contributed by atoms with Crippen molar-refractivity contribution in [1.29, 1.82) is 5.26 Å². The van der Waals surface area contributed by atoms with Gasteiger partial charge in [-0.05, 0) is 26.0 Å². The molecule has 0 bridgehead atoms. The monoisotopic (exact) mass is 303 g/mol. The molecule has 0 aliphatic heterocycles. The maximum absolute atomic E-state index is 13.6. The smallest absolute Gasteiger partial charge is 0.209 e. The Labute approximate surface area is 116 Å². The van der Waals surface area contributed by atoms with E-state index in [9.17, 15) is 17.2 Å². The van der Waals surface area contributed by atoms with Crippen LogP contribution < -0.4 is 10.0 Å². The molecule has 0 amide bonds. The van der Waals surface area contributed by atoms with Crippen molar-refractivity contribution in [1.82, 2.24) is 4.72 Å². The first kappa shape index (κ1) is 16.3. The first-order chi connectivity index (χ1) is 9.06. The number of hydrogen-bond donors (Lipinski definition) is 2. The van der Waals surface area contributed by atoms with E-state index in [1.807, 2.05) is 0 Å². The molecule has 1 aromatic carbocycles. The third kappa shape index (κ3) is 4.43. The summed E-state index contributed by atoms with van der Waals surface area (Å²) >= 11 is 0. The molecule has 0 fully saturated rings. The number of sulfonamides is 1. The zero-order valence-corrected chi connectivity index (χ0v) is 12.1. The average Bonchev–Trinajstić information content (AvgIpc) is 2.28. The molecule has 0 atom stereocenters. The summed E-state index contributed by atoms with van der Waals surface area (Å²) in [6, 6.07) is 3.91. The minimum atomic E-state index is -3.42. The summed E-state index contributed by atoms with van der Waals surface area (Å²) in [7, 11) is -3.42. The number of nitrogens with zero attached hydrogens (tertiary/aromatic N) is 1. The molecule has 0 spiro atoms. The summed E-state index contributed by atoms with van der Waals surface area (Å²) in [5.74, 6) is -2.40. The van der Waals surface area contributed by atoms with Crippen molar-refractivity contribution >= 4 is 15.7 Å². The van der Waals surface area contributed by atoms with Crippen LogP contribution in [0.4, 0.5) is 14.5 Å². The first-order valence-corrected chi connectivity index (χ1v) is 7.56. The van der Waals surface area contributed by atoms with Gasteiger partial charge in [0.25, 0.3) is 0 Å². The Morgan fingerprint density at radius 1 is 1.30 bits per heavy atom. The lowest BCUT2D eigenvalue weighted by Gasteiger charge is -2.26.